The van der Waals surface area contributed by atoms with E-state index in [4.69, 9.17) is 9.47 Å². The lowest BCUT2D eigenvalue weighted by Crippen LogP contribution is -2.40. The zero-order valence-electron chi connectivity index (χ0n) is 26.3. The molecule has 0 amide bonds. The van der Waals surface area contributed by atoms with Gasteiger partial charge in [0.1, 0.15) is 18.3 Å². The number of rotatable bonds is 10. The molecule has 0 aromatic heterocycles. The fraction of sp³-hybridized carbons (Fsp3) is 0.389. The highest BCUT2D eigenvalue weighted by Gasteiger charge is 2.49. The molecule has 0 fully saturated rings. The molecule has 0 N–H and O–H groups in total. The third-order valence-corrected chi connectivity index (χ3v) is 7.59. The van der Waals surface area contributed by atoms with Crippen LogP contribution in [-0.2, 0) is 26.3 Å². The van der Waals surface area contributed by atoms with E-state index < -0.39 is 22.8 Å². The van der Waals surface area contributed by atoms with Crippen LogP contribution < -0.4 is 4.74 Å². The van der Waals surface area contributed by atoms with Crippen molar-refractivity contribution in [2.75, 3.05) is 0 Å². The first-order chi connectivity index (χ1) is 20.8. The van der Waals surface area contributed by atoms with Crippen molar-refractivity contribution in [1.82, 2.24) is 0 Å². The van der Waals surface area contributed by atoms with E-state index in [0.29, 0.717) is 5.75 Å². The van der Waals surface area contributed by atoms with Crippen LogP contribution in [0.25, 0.3) is 10.0 Å². The van der Waals surface area contributed by atoms with Gasteiger partial charge in [0.15, 0.2) is 5.41 Å². The van der Waals surface area contributed by atoms with E-state index in [9.17, 15) is 20.0 Å². The Labute approximate surface area is 259 Å². The average Bonchev–Trinajstić information content (AvgIpc) is 2.97. The molecule has 8 heteroatoms. The summed E-state index contributed by atoms with van der Waals surface area (Å²) in [4.78, 5) is 24.7. The molecule has 0 aliphatic carbocycles. The zero-order valence-corrected chi connectivity index (χ0v) is 26.3. The molecular weight excluding hydrogens is 556 g/mol. The molecule has 2 atom stereocenters. The van der Waals surface area contributed by atoms with Gasteiger partial charge in [0.2, 0.25) is 0 Å². The van der Waals surface area contributed by atoms with E-state index in [1.165, 1.54) is 0 Å². The first-order valence-electron chi connectivity index (χ1n) is 14.6. The summed E-state index contributed by atoms with van der Waals surface area (Å²) in [5.41, 5.74) is 1.79. The standard InChI is InChI=1S/C36H40N2O6/c1-34(2,3)31(23-37-41)27-17-15-26(16-18-27)24-43-32(39)13-10-14-33(40)44-30-21-19-29(20-22-30)36(25-38-42,35(4,5)6)28-11-8-7-9-12-28/h7-9,11-12,15-22,31H,10,13-14,24H2,1-6H3. The predicted molar refractivity (Wildman–Crippen MR) is 172 cm³/mol. The van der Waals surface area contributed by atoms with Gasteiger partial charge in [0.05, 0.1) is 0 Å². The van der Waals surface area contributed by atoms with Gasteiger partial charge in [-0.2, -0.15) is 0 Å². The molecule has 0 saturated carbocycles. The minimum atomic E-state index is -0.916. The summed E-state index contributed by atoms with van der Waals surface area (Å²) in [7, 11) is 0. The highest BCUT2D eigenvalue weighted by molar-refractivity contribution is 5.74. The summed E-state index contributed by atoms with van der Waals surface area (Å²) in [6, 6.07) is 29.4. The molecule has 0 radical (unpaired) electrons. The molecule has 8 nitrogen and oxygen atoms in total. The van der Waals surface area contributed by atoms with E-state index in [0.717, 1.165) is 22.3 Å². The monoisotopic (exact) mass is 596 g/mol. The van der Waals surface area contributed by atoms with Gasteiger partial charge in [-0.05, 0) is 51.6 Å². The Morgan fingerprint density at radius 1 is 0.773 bits per heavy atom. The molecule has 2 unspecified atom stereocenters. The Bertz CT molecular complexity index is 1530. The van der Waals surface area contributed by atoms with Gasteiger partial charge in [-0.15, -0.1) is 0 Å². The highest BCUT2D eigenvalue weighted by atomic mass is 16.5. The molecule has 0 spiro atoms. The summed E-state index contributed by atoms with van der Waals surface area (Å²) in [6.45, 7) is 12.2. The quantitative estimate of drug-likeness (QED) is 0.132. The van der Waals surface area contributed by atoms with Crippen LogP contribution in [0, 0.1) is 33.4 Å². The smallest absolute Gasteiger partial charge is 0.315 e. The second-order valence-electron chi connectivity index (χ2n) is 12.8. The van der Waals surface area contributed by atoms with Crippen LogP contribution in [0.5, 0.6) is 5.75 Å². The van der Waals surface area contributed by atoms with E-state index >= 15 is 0 Å². The van der Waals surface area contributed by atoms with Crippen LogP contribution in [0.15, 0.2) is 78.9 Å². The van der Waals surface area contributed by atoms with E-state index in [-0.39, 0.29) is 37.2 Å². The average molecular weight is 597 g/mol. The third kappa shape index (κ3) is 8.39. The minimum absolute atomic E-state index is 0.0457. The van der Waals surface area contributed by atoms with Crippen LogP contribution in [0.4, 0.5) is 0 Å². The van der Waals surface area contributed by atoms with Gasteiger partial charge in [-0.25, -0.2) is 0 Å². The summed E-state index contributed by atoms with van der Waals surface area (Å²) in [6.07, 6.45) is 0.398. The number of carbonyl (C=O) groups excluding carboxylic acids is 2. The second kappa shape index (κ2) is 14.6. The maximum absolute atomic E-state index is 12.5. The Morgan fingerprint density at radius 3 is 1.91 bits per heavy atom. The molecule has 230 valence electrons. The Balaban J connectivity index is 1.53. The van der Waals surface area contributed by atoms with Gasteiger partial charge in [-0.1, -0.05) is 108 Å². The number of nitrogens with zero attached hydrogens (tertiary/aromatic N) is 2. The Morgan fingerprint density at radius 2 is 1.36 bits per heavy atom. The predicted octanol–water partition coefficient (Wildman–Crippen LogP) is 8.63. The summed E-state index contributed by atoms with van der Waals surface area (Å²) < 4.78 is 10.8. The Kier molecular flexibility index (Phi) is 11.2. The van der Waals surface area contributed by atoms with E-state index in [2.05, 4.69) is 22.2 Å². The van der Waals surface area contributed by atoms with Crippen molar-refractivity contribution in [3.05, 3.63) is 122 Å². The summed E-state index contributed by atoms with van der Waals surface area (Å²) in [5.74, 6) is -0.781. The van der Waals surface area contributed by atoms with Crippen molar-refractivity contribution in [1.29, 1.82) is 0 Å². The second-order valence-corrected chi connectivity index (χ2v) is 12.8. The van der Waals surface area contributed by atoms with Crippen molar-refractivity contribution in [2.24, 2.45) is 10.8 Å². The third-order valence-electron chi connectivity index (χ3n) is 7.59. The Hall–Kier alpha value is -4.82. The molecule has 0 aliphatic heterocycles. The number of ether oxygens (including phenoxy) is 2. The maximum Gasteiger partial charge on any atom is 0.315 e. The summed E-state index contributed by atoms with van der Waals surface area (Å²) in [5, 5.41) is 28.2. The number of benzene rings is 3. The summed E-state index contributed by atoms with van der Waals surface area (Å²) >= 11 is 0. The van der Waals surface area contributed by atoms with Gasteiger partial charge in [-0.3, -0.25) is 9.59 Å². The lowest BCUT2D eigenvalue weighted by Gasteiger charge is -2.37. The van der Waals surface area contributed by atoms with Crippen LogP contribution in [-0.4, -0.2) is 11.9 Å². The van der Waals surface area contributed by atoms with Crippen LogP contribution in [0.1, 0.15) is 89.0 Å². The topological polar surface area (TPSA) is 107 Å². The molecule has 0 bridgehead atoms. The van der Waals surface area contributed by atoms with Gasteiger partial charge < -0.3 is 19.9 Å². The molecule has 0 aliphatic rings. The lowest BCUT2D eigenvalue weighted by molar-refractivity contribution is -0.145. The van der Waals surface area contributed by atoms with E-state index in [1.54, 1.807) is 12.1 Å². The molecule has 0 heterocycles. The van der Waals surface area contributed by atoms with E-state index in [1.807, 2.05) is 108 Å². The molecule has 3 aromatic carbocycles. The SMILES string of the molecule is CC(C)(C)C(C#[N+][O-])c1ccc(COC(=O)CCCC(=O)Oc2ccc(C(C#[N+][O-])(c3ccccc3)C(C)(C)C)cc2)cc1. The molecule has 3 rings (SSSR count). The largest absolute Gasteiger partial charge is 0.498 e. The van der Waals surface area contributed by atoms with Gasteiger partial charge >= 0.3 is 24.1 Å². The van der Waals surface area contributed by atoms with Crippen LogP contribution in [0.3, 0.4) is 0 Å². The molecule has 3 aromatic rings. The number of carbonyl (C=O) groups is 2. The van der Waals surface area contributed by atoms with Crippen LogP contribution >= 0.6 is 0 Å². The van der Waals surface area contributed by atoms with Crippen molar-refractivity contribution >= 4 is 11.9 Å². The number of hydrogen-bond acceptors (Lipinski definition) is 6. The lowest BCUT2D eigenvalue weighted by atomic mass is 9.60. The fourth-order valence-electron chi connectivity index (χ4n) is 5.28. The van der Waals surface area contributed by atoms with Gasteiger partial charge in [0.25, 0.3) is 0 Å². The first-order valence-corrected chi connectivity index (χ1v) is 14.6. The molecular formula is C36H40N2O6. The maximum atomic E-state index is 12.5. The van der Waals surface area contributed by atoms with Gasteiger partial charge in [0, 0.05) is 22.9 Å². The first kappa shape index (κ1) is 33.7. The normalized spacial score (nSPS) is 13.2. The minimum Gasteiger partial charge on any atom is -0.498 e. The van der Waals surface area contributed by atoms with Crippen molar-refractivity contribution in [3.63, 3.8) is 0 Å². The highest BCUT2D eigenvalue weighted by Crippen LogP contribution is 2.47. The van der Waals surface area contributed by atoms with Crippen LogP contribution in [0.2, 0.25) is 0 Å². The zero-order chi connectivity index (χ0) is 32.4. The van der Waals surface area contributed by atoms with Crippen molar-refractivity contribution in [3.8, 4) is 17.9 Å². The molecule has 44 heavy (non-hydrogen) atoms. The van der Waals surface area contributed by atoms with Crippen molar-refractivity contribution < 1.29 is 19.1 Å². The number of esters is 2. The fourth-order valence-corrected chi connectivity index (χ4v) is 5.28. The number of hydrogen-bond donors (Lipinski definition) is 0. The molecule has 0 saturated heterocycles. The van der Waals surface area contributed by atoms with Crippen molar-refractivity contribution in [2.45, 2.75) is 78.7 Å².